The molecule has 1 aliphatic rings. The number of aliphatic hydroxyl groups is 1. The van der Waals surface area contributed by atoms with Crippen LogP contribution < -0.4 is 16.6 Å². The minimum atomic E-state index is -4.74. The summed E-state index contributed by atoms with van der Waals surface area (Å²) >= 11 is 0. The maximum atomic E-state index is 12.2. The Morgan fingerprint density at radius 1 is 1.52 bits per heavy atom. The summed E-state index contributed by atoms with van der Waals surface area (Å²) in [6.07, 6.45) is 1.15. The first kappa shape index (κ1) is 19.1. The summed E-state index contributed by atoms with van der Waals surface area (Å²) in [6, 6.07) is 0. The average molecular weight is 401 g/mol. The topological polar surface area (TPSA) is 202 Å². The van der Waals surface area contributed by atoms with E-state index in [-0.39, 0.29) is 29.3 Å². The summed E-state index contributed by atoms with van der Waals surface area (Å²) in [5, 5.41) is 12.6. The number of nitrogens with zero attached hydrogens (tertiary/aromatic N) is 2. The minimum Gasteiger partial charge on any atom is -0.510 e. The third-order valence-corrected chi connectivity index (χ3v) is 4.26. The number of carbonyl (C=O) groups excluding carboxylic acids is 1. The number of fused-ring (bicyclic) bond motifs is 1. The predicted octanol–water partition coefficient (Wildman–Crippen LogP) is -0.999. The number of aliphatic hydroxyl groups excluding tert-OH is 1. The zero-order valence-corrected chi connectivity index (χ0v) is 14.5. The smallest absolute Gasteiger partial charge is 0.469 e. The van der Waals surface area contributed by atoms with Crippen LogP contribution >= 0.6 is 7.82 Å². The lowest BCUT2D eigenvalue weighted by Gasteiger charge is -2.16. The molecule has 0 aromatic carbocycles. The van der Waals surface area contributed by atoms with Crippen molar-refractivity contribution in [3.05, 3.63) is 33.9 Å². The van der Waals surface area contributed by atoms with Gasteiger partial charge >= 0.3 is 7.82 Å². The average Bonchev–Trinajstić information content (AvgIpc) is 3.11. The first-order valence-corrected chi connectivity index (χ1v) is 9.05. The lowest BCUT2D eigenvalue weighted by atomic mass is 10.2. The van der Waals surface area contributed by atoms with Crippen LogP contribution in [0.1, 0.15) is 11.8 Å². The van der Waals surface area contributed by atoms with Gasteiger partial charge in [-0.3, -0.25) is 19.1 Å². The Kier molecular flexibility index (Phi) is 5.04. The van der Waals surface area contributed by atoms with Gasteiger partial charge in [0.2, 0.25) is 12.4 Å². The number of nitrogens with one attached hydrogen (secondary N) is 2. The van der Waals surface area contributed by atoms with Gasteiger partial charge in [-0.25, -0.2) is 4.57 Å². The van der Waals surface area contributed by atoms with Crippen molar-refractivity contribution in [2.75, 3.05) is 12.3 Å². The number of amides is 1. The van der Waals surface area contributed by atoms with Crippen molar-refractivity contribution in [3.8, 4) is 0 Å². The van der Waals surface area contributed by atoms with Crippen molar-refractivity contribution >= 4 is 31.2 Å². The van der Waals surface area contributed by atoms with Gasteiger partial charge in [-0.2, -0.15) is 4.98 Å². The fourth-order valence-electron chi connectivity index (χ4n) is 2.69. The number of hydrogen-bond donors (Lipinski definition) is 6. The molecule has 14 heteroatoms. The molecule has 0 spiro atoms. The standard InChI is InChI=1S/C13H16N5O8P/c14-13-16-11-10(12(21)17-13)6(2-15-5-19)3-18(11)9-1-7(20)8(26-9)4-25-27(22,23)24/h1,3,5,8-9,20H,2,4H2,(H,15,19)(H2,22,23,24)(H3,14,16,17,21). The number of phosphoric ester groups is 1. The largest absolute Gasteiger partial charge is 0.510 e. The molecule has 2 unspecified atom stereocenters. The fourth-order valence-corrected chi connectivity index (χ4v) is 3.02. The molecule has 1 amide bonds. The molecule has 0 saturated carbocycles. The molecular formula is C13H16N5O8P. The molecule has 3 rings (SSSR count). The number of nitrogens with two attached hydrogens (primary N) is 1. The predicted molar refractivity (Wildman–Crippen MR) is 90.3 cm³/mol. The van der Waals surface area contributed by atoms with Crippen LogP contribution in [0.25, 0.3) is 11.0 Å². The van der Waals surface area contributed by atoms with Crippen molar-refractivity contribution in [1.29, 1.82) is 0 Å². The summed E-state index contributed by atoms with van der Waals surface area (Å²) in [7, 11) is -4.74. The van der Waals surface area contributed by atoms with E-state index < -0.39 is 32.3 Å². The minimum absolute atomic E-state index is 0.0365. The van der Waals surface area contributed by atoms with E-state index >= 15 is 0 Å². The van der Waals surface area contributed by atoms with E-state index in [9.17, 15) is 19.3 Å². The Bertz CT molecular complexity index is 1010. The summed E-state index contributed by atoms with van der Waals surface area (Å²) < 4.78 is 22.1. The third kappa shape index (κ3) is 4.02. The van der Waals surface area contributed by atoms with Gasteiger partial charge < -0.3 is 35.2 Å². The van der Waals surface area contributed by atoms with Gasteiger partial charge in [0.05, 0.1) is 12.0 Å². The zero-order valence-electron chi connectivity index (χ0n) is 13.6. The van der Waals surface area contributed by atoms with Crippen LogP contribution in [0.3, 0.4) is 0 Å². The number of aromatic amines is 1. The molecule has 7 N–H and O–H groups in total. The zero-order chi connectivity index (χ0) is 19.8. The lowest BCUT2D eigenvalue weighted by molar-refractivity contribution is -0.109. The van der Waals surface area contributed by atoms with Crippen molar-refractivity contribution < 1.29 is 33.5 Å². The Morgan fingerprint density at radius 2 is 2.26 bits per heavy atom. The first-order valence-electron chi connectivity index (χ1n) is 7.52. The highest BCUT2D eigenvalue weighted by Gasteiger charge is 2.32. The molecule has 0 aliphatic carbocycles. The summed E-state index contributed by atoms with van der Waals surface area (Å²) in [5.74, 6) is -0.449. The Balaban J connectivity index is 1.96. The lowest BCUT2D eigenvalue weighted by Crippen LogP contribution is -2.20. The molecule has 2 atom stereocenters. The number of phosphoric acid groups is 1. The van der Waals surface area contributed by atoms with Gasteiger partial charge in [0.25, 0.3) is 5.56 Å². The second-order valence-corrected chi connectivity index (χ2v) is 6.84. The number of H-pyrrole nitrogens is 1. The summed E-state index contributed by atoms with van der Waals surface area (Å²) in [6.45, 7) is -0.549. The van der Waals surface area contributed by atoms with E-state index in [1.54, 1.807) is 0 Å². The normalized spacial score (nSPS) is 20.0. The van der Waals surface area contributed by atoms with Gasteiger partial charge in [-0.05, 0) is 0 Å². The second kappa shape index (κ2) is 7.13. The number of hydrogen-bond acceptors (Lipinski definition) is 8. The third-order valence-electron chi connectivity index (χ3n) is 3.77. The maximum absolute atomic E-state index is 12.2. The summed E-state index contributed by atoms with van der Waals surface area (Å²) in [5.41, 5.74) is 5.64. The molecule has 0 fully saturated rings. The number of anilines is 1. The number of carbonyl (C=O) groups is 1. The van der Waals surface area contributed by atoms with Crippen LogP contribution in [0.2, 0.25) is 0 Å². The molecule has 27 heavy (non-hydrogen) atoms. The molecule has 0 radical (unpaired) electrons. The monoisotopic (exact) mass is 401 g/mol. The van der Waals surface area contributed by atoms with Gasteiger partial charge in [-0.15, -0.1) is 0 Å². The van der Waals surface area contributed by atoms with E-state index in [2.05, 4.69) is 19.8 Å². The molecule has 0 saturated heterocycles. The Morgan fingerprint density at radius 3 is 2.93 bits per heavy atom. The number of aromatic nitrogens is 3. The van der Waals surface area contributed by atoms with Gasteiger partial charge in [0.15, 0.2) is 11.9 Å². The molecule has 146 valence electrons. The first-order chi connectivity index (χ1) is 12.7. The molecule has 0 bridgehead atoms. The van der Waals surface area contributed by atoms with E-state index in [1.165, 1.54) is 16.8 Å². The van der Waals surface area contributed by atoms with Crippen molar-refractivity contribution in [2.24, 2.45) is 0 Å². The van der Waals surface area contributed by atoms with Crippen molar-refractivity contribution in [1.82, 2.24) is 19.9 Å². The highest BCUT2D eigenvalue weighted by Crippen LogP contribution is 2.38. The van der Waals surface area contributed by atoms with Crippen LogP contribution in [-0.2, 0) is 25.2 Å². The quantitative estimate of drug-likeness (QED) is 0.247. The fraction of sp³-hybridized carbons (Fsp3) is 0.308. The van der Waals surface area contributed by atoms with E-state index in [4.69, 9.17) is 20.3 Å². The SMILES string of the molecule is Nc1nc2c(c(CNC=O)cn2C2C=C(O)C(COP(=O)(O)O)O2)c(=O)[nH]1. The highest BCUT2D eigenvalue weighted by atomic mass is 31.2. The van der Waals surface area contributed by atoms with Gasteiger partial charge in [0, 0.05) is 24.4 Å². The number of ether oxygens (including phenoxy) is 1. The van der Waals surface area contributed by atoms with Crippen LogP contribution in [0.4, 0.5) is 5.95 Å². The van der Waals surface area contributed by atoms with Crippen molar-refractivity contribution in [3.63, 3.8) is 0 Å². The van der Waals surface area contributed by atoms with Crippen LogP contribution in [-0.4, -0.2) is 48.5 Å². The molecule has 2 aromatic heterocycles. The Hall–Kier alpha value is -2.70. The highest BCUT2D eigenvalue weighted by molar-refractivity contribution is 7.46. The van der Waals surface area contributed by atoms with E-state index in [0.29, 0.717) is 12.0 Å². The molecule has 3 heterocycles. The van der Waals surface area contributed by atoms with E-state index in [1.807, 2.05) is 0 Å². The second-order valence-electron chi connectivity index (χ2n) is 5.60. The Labute approximate surface area is 150 Å². The van der Waals surface area contributed by atoms with Crippen LogP contribution in [0, 0.1) is 0 Å². The van der Waals surface area contributed by atoms with Gasteiger partial charge in [-0.1, -0.05) is 0 Å². The summed E-state index contributed by atoms with van der Waals surface area (Å²) in [4.78, 5) is 46.8. The number of rotatable bonds is 7. The van der Waals surface area contributed by atoms with E-state index in [0.717, 1.165) is 0 Å². The van der Waals surface area contributed by atoms with Crippen LogP contribution in [0.5, 0.6) is 0 Å². The maximum Gasteiger partial charge on any atom is 0.469 e. The molecule has 2 aromatic rings. The molecule has 1 aliphatic heterocycles. The van der Waals surface area contributed by atoms with Gasteiger partial charge in [0.1, 0.15) is 11.9 Å². The number of nitrogen functional groups attached to an aromatic ring is 1. The molecular weight excluding hydrogens is 385 g/mol. The van der Waals surface area contributed by atoms with Crippen molar-refractivity contribution in [2.45, 2.75) is 18.9 Å². The molecule has 13 nitrogen and oxygen atoms in total. The van der Waals surface area contributed by atoms with Crippen LogP contribution in [0.15, 0.2) is 22.8 Å².